The molecule has 192 valence electrons. The van der Waals surface area contributed by atoms with Crippen LogP contribution in [-0.2, 0) is 19.1 Å². The lowest BCUT2D eigenvalue weighted by Crippen LogP contribution is -2.28. The maximum Gasteiger partial charge on any atom is 0.311 e. The second-order valence-corrected chi connectivity index (χ2v) is 10.0. The number of ether oxygens (including phenoxy) is 2. The maximum atomic E-state index is 12.7. The van der Waals surface area contributed by atoms with E-state index < -0.39 is 24.4 Å². The Balaban J connectivity index is 1.16. The molecule has 0 spiro atoms. The van der Waals surface area contributed by atoms with Gasteiger partial charge in [-0.15, -0.1) is 0 Å². The van der Waals surface area contributed by atoms with E-state index in [4.69, 9.17) is 9.47 Å². The van der Waals surface area contributed by atoms with Gasteiger partial charge < -0.3 is 19.7 Å². The van der Waals surface area contributed by atoms with Crippen LogP contribution in [0.15, 0.2) is 89.4 Å². The standard InChI is InChI=1S/C30H25BrN2O5/c1-19-15-22(31)9-14-26(19)32-28(34)18-37-30(36)21-16-29(35)33(17-21)23-10-12-24(13-11-23)38-27-8-4-6-20-5-2-3-7-25(20)27/h2-15,21H,16-18H2,1H3,(H,32,34)/t21-/m1/s1. The van der Waals surface area contributed by atoms with E-state index in [1.54, 1.807) is 35.2 Å². The van der Waals surface area contributed by atoms with E-state index in [1.165, 1.54) is 0 Å². The molecule has 1 aliphatic rings. The first-order chi connectivity index (χ1) is 18.4. The average Bonchev–Trinajstić information content (AvgIpc) is 3.31. The summed E-state index contributed by atoms with van der Waals surface area (Å²) in [7, 11) is 0. The van der Waals surface area contributed by atoms with Gasteiger partial charge in [0.25, 0.3) is 5.91 Å². The number of rotatable bonds is 7. The van der Waals surface area contributed by atoms with E-state index in [2.05, 4.69) is 21.2 Å². The second-order valence-electron chi connectivity index (χ2n) is 9.09. The summed E-state index contributed by atoms with van der Waals surface area (Å²) in [6.45, 7) is 1.64. The topological polar surface area (TPSA) is 84.9 Å². The molecule has 7 nitrogen and oxygen atoms in total. The molecule has 0 bridgehead atoms. The lowest BCUT2D eigenvalue weighted by Gasteiger charge is -2.17. The van der Waals surface area contributed by atoms with Gasteiger partial charge in [0.2, 0.25) is 5.91 Å². The Labute approximate surface area is 228 Å². The van der Waals surface area contributed by atoms with Crippen molar-refractivity contribution in [1.29, 1.82) is 0 Å². The molecular formula is C30H25BrN2O5. The zero-order valence-electron chi connectivity index (χ0n) is 20.6. The van der Waals surface area contributed by atoms with Crippen LogP contribution in [0.2, 0.25) is 0 Å². The maximum absolute atomic E-state index is 12.7. The molecule has 8 heteroatoms. The number of hydrogen-bond acceptors (Lipinski definition) is 5. The summed E-state index contributed by atoms with van der Waals surface area (Å²) in [6.07, 6.45) is 0.0283. The third kappa shape index (κ3) is 5.70. The number of halogens is 1. The number of anilines is 2. The molecular weight excluding hydrogens is 548 g/mol. The van der Waals surface area contributed by atoms with Crippen molar-refractivity contribution in [3.05, 3.63) is 95.0 Å². The number of aryl methyl sites for hydroxylation is 1. The van der Waals surface area contributed by atoms with Crippen LogP contribution in [0.3, 0.4) is 0 Å². The number of fused-ring (bicyclic) bond motifs is 1. The van der Waals surface area contributed by atoms with Crippen molar-refractivity contribution in [3.8, 4) is 11.5 Å². The number of carbonyl (C=O) groups excluding carboxylic acids is 3. The quantitative estimate of drug-likeness (QED) is 0.265. The Morgan fingerprint density at radius 2 is 1.76 bits per heavy atom. The van der Waals surface area contributed by atoms with Crippen LogP contribution in [-0.4, -0.2) is 30.9 Å². The van der Waals surface area contributed by atoms with E-state index in [1.807, 2.05) is 61.5 Å². The molecule has 1 saturated heterocycles. The Hall–Kier alpha value is -4.17. The van der Waals surface area contributed by atoms with Gasteiger partial charge in [0, 0.05) is 34.2 Å². The zero-order valence-corrected chi connectivity index (χ0v) is 22.2. The van der Waals surface area contributed by atoms with Gasteiger partial charge in [-0.05, 0) is 66.4 Å². The molecule has 1 heterocycles. The SMILES string of the molecule is Cc1cc(Br)ccc1NC(=O)COC(=O)[C@@H]1CC(=O)N(c2ccc(Oc3cccc4ccccc34)cc2)C1. The predicted octanol–water partition coefficient (Wildman–Crippen LogP) is 6.24. The third-order valence-corrected chi connectivity index (χ3v) is 6.89. The van der Waals surface area contributed by atoms with Crippen LogP contribution in [0.1, 0.15) is 12.0 Å². The van der Waals surface area contributed by atoms with Crippen LogP contribution in [0, 0.1) is 12.8 Å². The number of carbonyl (C=O) groups is 3. The smallest absolute Gasteiger partial charge is 0.311 e. The van der Waals surface area contributed by atoms with Gasteiger partial charge in [-0.3, -0.25) is 14.4 Å². The van der Waals surface area contributed by atoms with Gasteiger partial charge in [-0.25, -0.2) is 0 Å². The van der Waals surface area contributed by atoms with Crippen LogP contribution in [0.25, 0.3) is 10.8 Å². The Morgan fingerprint density at radius 1 is 1.00 bits per heavy atom. The predicted molar refractivity (Wildman–Crippen MR) is 149 cm³/mol. The Morgan fingerprint density at radius 3 is 2.55 bits per heavy atom. The second kappa shape index (κ2) is 11.1. The monoisotopic (exact) mass is 572 g/mol. The zero-order chi connectivity index (χ0) is 26.6. The lowest BCUT2D eigenvalue weighted by molar-refractivity contribution is -0.151. The van der Waals surface area contributed by atoms with Gasteiger partial charge in [-0.2, -0.15) is 0 Å². The summed E-state index contributed by atoms with van der Waals surface area (Å²) in [5.41, 5.74) is 2.19. The summed E-state index contributed by atoms with van der Waals surface area (Å²) < 4.78 is 12.2. The molecule has 0 saturated carbocycles. The molecule has 0 unspecified atom stereocenters. The molecule has 4 aromatic carbocycles. The van der Waals surface area contributed by atoms with Gasteiger partial charge in [-0.1, -0.05) is 52.3 Å². The number of amides is 2. The summed E-state index contributed by atoms with van der Waals surface area (Å²) in [5.74, 6) is -0.443. The summed E-state index contributed by atoms with van der Waals surface area (Å²) >= 11 is 3.38. The van der Waals surface area contributed by atoms with E-state index in [0.717, 1.165) is 26.6 Å². The van der Waals surface area contributed by atoms with Crippen molar-refractivity contribution in [2.24, 2.45) is 5.92 Å². The highest BCUT2D eigenvalue weighted by Gasteiger charge is 2.36. The van der Waals surface area contributed by atoms with Gasteiger partial charge in [0.1, 0.15) is 11.5 Å². The van der Waals surface area contributed by atoms with Crippen LogP contribution in [0.5, 0.6) is 11.5 Å². The molecule has 4 aromatic rings. The lowest BCUT2D eigenvalue weighted by atomic mass is 10.1. The Bertz CT molecular complexity index is 1510. The van der Waals surface area contributed by atoms with Crippen LogP contribution in [0.4, 0.5) is 11.4 Å². The minimum Gasteiger partial charge on any atom is -0.457 e. The molecule has 0 radical (unpaired) electrons. The van der Waals surface area contributed by atoms with Gasteiger partial charge in [0.15, 0.2) is 6.61 Å². The van der Waals surface area contributed by atoms with E-state index >= 15 is 0 Å². The van der Waals surface area contributed by atoms with Crippen LogP contribution >= 0.6 is 15.9 Å². The summed E-state index contributed by atoms with van der Waals surface area (Å²) in [4.78, 5) is 39.1. The first-order valence-electron chi connectivity index (χ1n) is 12.2. The third-order valence-electron chi connectivity index (χ3n) is 6.39. The molecule has 38 heavy (non-hydrogen) atoms. The van der Waals surface area contributed by atoms with Crippen molar-refractivity contribution >= 4 is 55.9 Å². The Kier molecular flexibility index (Phi) is 7.42. The van der Waals surface area contributed by atoms with E-state index in [-0.39, 0.29) is 18.9 Å². The number of benzene rings is 4. The van der Waals surface area contributed by atoms with Crippen molar-refractivity contribution in [2.45, 2.75) is 13.3 Å². The van der Waals surface area contributed by atoms with E-state index in [0.29, 0.717) is 17.1 Å². The largest absolute Gasteiger partial charge is 0.457 e. The van der Waals surface area contributed by atoms with Crippen molar-refractivity contribution < 1.29 is 23.9 Å². The molecule has 0 aliphatic carbocycles. The van der Waals surface area contributed by atoms with Crippen molar-refractivity contribution in [1.82, 2.24) is 0 Å². The fourth-order valence-electron chi connectivity index (χ4n) is 4.43. The highest BCUT2D eigenvalue weighted by atomic mass is 79.9. The fraction of sp³-hybridized carbons (Fsp3) is 0.167. The minimum absolute atomic E-state index is 0.0283. The highest BCUT2D eigenvalue weighted by molar-refractivity contribution is 9.10. The number of nitrogens with zero attached hydrogens (tertiary/aromatic N) is 1. The molecule has 1 aliphatic heterocycles. The molecule has 1 fully saturated rings. The number of nitrogens with one attached hydrogen (secondary N) is 1. The fourth-order valence-corrected chi connectivity index (χ4v) is 4.90. The van der Waals surface area contributed by atoms with E-state index in [9.17, 15) is 14.4 Å². The molecule has 5 rings (SSSR count). The molecule has 1 N–H and O–H groups in total. The number of hydrogen-bond donors (Lipinski definition) is 1. The normalized spacial score (nSPS) is 14.9. The van der Waals surface area contributed by atoms with Crippen LogP contribution < -0.4 is 15.0 Å². The molecule has 0 aromatic heterocycles. The first-order valence-corrected chi connectivity index (χ1v) is 13.0. The molecule has 1 atom stereocenters. The number of esters is 1. The van der Waals surface area contributed by atoms with Gasteiger partial charge >= 0.3 is 5.97 Å². The molecule has 2 amide bonds. The average molecular weight is 573 g/mol. The highest BCUT2D eigenvalue weighted by Crippen LogP contribution is 2.32. The van der Waals surface area contributed by atoms with Gasteiger partial charge in [0.05, 0.1) is 5.92 Å². The summed E-state index contributed by atoms with van der Waals surface area (Å²) in [6, 6.07) is 26.5. The van der Waals surface area contributed by atoms with Crippen molar-refractivity contribution in [3.63, 3.8) is 0 Å². The first kappa shape index (κ1) is 25.5. The minimum atomic E-state index is -0.642. The summed E-state index contributed by atoms with van der Waals surface area (Å²) in [5, 5.41) is 4.83. The van der Waals surface area contributed by atoms with Crippen molar-refractivity contribution in [2.75, 3.05) is 23.4 Å².